The summed E-state index contributed by atoms with van der Waals surface area (Å²) >= 11 is 1.53. The SMILES string of the molecule is CCCc1ccc(SNC(C=C(C)N)=Nc2cccc3ncccc23)cc1. The molecule has 0 unspecified atom stereocenters. The van der Waals surface area contributed by atoms with Crippen LogP contribution in [-0.4, -0.2) is 10.8 Å². The number of nitrogens with one attached hydrogen (secondary N) is 1. The molecule has 4 nitrogen and oxygen atoms in total. The third kappa shape index (κ3) is 5.34. The van der Waals surface area contributed by atoms with Gasteiger partial charge in [0.25, 0.3) is 0 Å². The molecule has 0 atom stereocenters. The number of pyridine rings is 1. The van der Waals surface area contributed by atoms with E-state index >= 15 is 0 Å². The minimum Gasteiger partial charge on any atom is -0.402 e. The maximum atomic E-state index is 5.90. The topological polar surface area (TPSA) is 63.3 Å². The van der Waals surface area contributed by atoms with Gasteiger partial charge in [0.1, 0.15) is 5.84 Å². The van der Waals surface area contributed by atoms with E-state index in [9.17, 15) is 0 Å². The van der Waals surface area contributed by atoms with Gasteiger partial charge in [0.05, 0.1) is 11.2 Å². The molecular weight excluding hydrogens is 352 g/mol. The van der Waals surface area contributed by atoms with Crippen LogP contribution in [0.5, 0.6) is 0 Å². The second-order valence-electron chi connectivity index (χ2n) is 6.33. The first-order valence-electron chi connectivity index (χ1n) is 9.03. The van der Waals surface area contributed by atoms with Crippen LogP contribution in [0.2, 0.25) is 0 Å². The lowest BCUT2D eigenvalue weighted by molar-refractivity contribution is 0.920. The zero-order valence-electron chi connectivity index (χ0n) is 15.6. The van der Waals surface area contributed by atoms with Gasteiger partial charge in [-0.15, -0.1) is 0 Å². The number of hydrogen-bond acceptors (Lipinski definition) is 4. The maximum Gasteiger partial charge on any atom is 0.138 e. The zero-order chi connectivity index (χ0) is 19.1. The van der Waals surface area contributed by atoms with Crippen molar-refractivity contribution in [2.24, 2.45) is 10.7 Å². The summed E-state index contributed by atoms with van der Waals surface area (Å²) in [4.78, 5) is 10.3. The Morgan fingerprint density at radius 3 is 2.70 bits per heavy atom. The number of benzene rings is 2. The van der Waals surface area contributed by atoms with Gasteiger partial charge in [-0.3, -0.25) is 4.98 Å². The van der Waals surface area contributed by atoms with Crippen LogP contribution in [0, 0.1) is 0 Å². The van der Waals surface area contributed by atoms with Crippen molar-refractivity contribution in [3.8, 4) is 0 Å². The van der Waals surface area contributed by atoms with Crippen molar-refractivity contribution in [1.82, 2.24) is 9.71 Å². The van der Waals surface area contributed by atoms with Crippen LogP contribution in [0.15, 0.2) is 82.5 Å². The van der Waals surface area contributed by atoms with Gasteiger partial charge in [-0.25, -0.2) is 4.99 Å². The number of nitrogens with two attached hydrogens (primary N) is 1. The fourth-order valence-corrected chi connectivity index (χ4v) is 3.34. The number of aromatic nitrogens is 1. The van der Waals surface area contributed by atoms with E-state index in [-0.39, 0.29) is 0 Å². The molecule has 0 aliphatic carbocycles. The van der Waals surface area contributed by atoms with E-state index in [0.717, 1.165) is 34.3 Å². The number of amidine groups is 1. The van der Waals surface area contributed by atoms with E-state index in [4.69, 9.17) is 10.7 Å². The summed E-state index contributed by atoms with van der Waals surface area (Å²) in [6.07, 6.45) is 5.89. The molecule has 3 rings (SSSR count). The first-order chi connectivity index (χ1) is 13.2. The normalized spacial score (nSPS) is 12.4. The highest BCUT2D eigenvalue weighted by atomic mass is 32.2. The third-order valence-corrected chi connectivity index (χ3v) is 4.78. The monoisotopic (exact) mass is 376 g/mol. The highest BCUT2D eigenvalue weighted by Crippen LogP contribution is 2.25. The molecule has 138 valence electrons. The Bertz CT molecular complexity index is 952. The van der Waals surface area contributed by atoms with E-state index in [1.54, 1.807) is 6.20 Å². The number of fused-ring (bicyclic) bond motifs is 1. The molecule has 0 bridgehead atoms. The van der Waals surface area contributed by atoms with Gasteiger partial charge in [-0.1, -0.05) is 31.5 Å². The van der Waals surface area contributed by atoms with Crippen LogP contribution in [0.3, 0.4) is 0 Å². The minimum atomic E-state index is 0.693. The summed E-state index contributed by atoms with van der Waals surface area (Å²) in [5.74, 6) is 0.703. The fraction of sp³-hybridized carbons (Fsp3) is 0.182. The lowest BCUT2D eigenvalue weighted by atomic mass is 10.1. The number of rotatable bonds is 6. The number of aliphatic imine (C=N–C) groups is 1. The molecule has 0 spiro atoms. The summed E-state index contributed by atoms with van der Waals surface area (Å²) < 4.78 is 3.32. The van der Waals surface area contributed by atoms with E-state index in [2.05, 4.69) is 40.9 Å². The molecule has 1 aromatic heterocycles. The molecule has 0 saturated heterocycles. The van der Waals surface area contributed by atoms with Crippen molar-refractivity contribution in [1.29, 1.82) is 0 Å². The number of hydrogen-bond donors (Lipinski definition) is 2. The molecule has 3 N–H and O–H groups in total. The molecule has 27 heavy (non-hydrogen) atoms. The maximum absolute atomic E-state index is 5.90. The lowest BCUT2D eigenvalue weighted by Gasteiger charge is -2.08. The summed E-state index contributed by atoms with van der Waals surface area (Å²) in [6, 6.07) is 18.5. The second kappa shape index (κ2) is 9.24. The molecule has 3 aromatic rings. The Hall–Kier alpha value is -2.79. The van der Waals surface area contributed by atoms with Crippen LogP contribution in [0.1, 0.15) is 25.8 Å². The van der Waals surface area contributed by atoms with E-state index < -0.39 is 0 Å². The number of allylic oxidation sites excluding steroid dienone is 1. The van der Waals surface area contributed by atoms with Crippen molar-refractivity contribution in [2.75, 3.05) is 0 Å². The predicted octanol–water partition coefficient (Wildman–Crippen LogP) is 5.38. The Morgan fingerprint density at radius 2 is 1.96 bits per heavy atom. The first-order valence-corrected chi connectivity index (χ1v) is 9.85. The average Bonchev–Trinajstić information content (AvgIpc) is 2.67. The molecule has 2 aromatic carbocycles. The molecule has 0 aliphatic heterocycles. The molecule has 0 amide bonds. The Kier molecular flexibility index (Phi) is 6.49. The van der Waals surface area contributed by atoms with Crippen LogP contribution in [0.25, 0.3) is 10.9 Å². The van der Waals surface area contributed by atoms with Gasteiger partial charge in [0.15, 0.2) is 0 Å². The van der Waals surface area contributed by atoms with Crippen LogP contribution in [0.4, 0.5) is 5.69 Å². The Balaban J connectivity index is 1.83. The van der Waals surface area contributed by atoms with Gasteiger partial charge in [-0.2, -0.15) is 0 Å². The van der Waals surface area contributed by atoms with Gasteiger partial charge in [0, 0.05) is 22.2 Å². The highest BCUT2D eigenvalue weighted by molar-refractivity contribution is 7.98. The second-order valence-corrected chi connectivity index (χ2v) is 7.21. The number of aryl methyl sites for hydroxylation is 1. The average molecular weight is 377 g/mol. The predicted molar refractivity (Wildman–Crippen MR) is 116 cm³/mol. The third-order valence-electron chi connectivity index (χ3n) is 3.96. The van der Waals surface area contributed by atoms with Crippen molar-refractivity contribution < 1.29 is 0 Å². The van der Waals surface area contributed by atoms with Crippen molar-refractivity contribution in [3.63, 3.8) is 0 Å². The van der Waals surface area contributed by atoms with Crippen LogP contribution in [-0.2, 0) is 6.42 Å². The summed E-state index contributed by atoms with van der Waals surface area (Å²) in [7, 11) is 0. The van der Waals surface area contributed by atoms with Gasteiger partial charge >= 0.3 is 0 Å². The van der Waals surface area contributed by atoms with E-state index in [1.165, 1.54) is 17.5 Å². The van der Waals surface area contributed by atoms with Crippen LogP contribution < -0.4 is 10.5 Å². The van der Waals surface area contributed by atoms with Crippen molar-refractivity contribution in [2.45, 2.75) is 31.6 Å². The molecule has 0 fully saturated rings. The summed E-state index contributed by atoms with van der Waals surface area (Å²) in [5.41, 5.74) is 9.73. The van der Waals surface area contributed by atoms with Crippen molar-refractivity contribution >= 4 is 34.4 Å². The molecule has 0 radical (unpaired) electrons. The van der Waals surface area contributed by atoms with Gasteiger partial charge < -0.3 is 10.5 Å². The zero-order valence-corrected chi connectivity index (χ0v) is 16.5. The smallest absolute Gasteiger partial charge is 0.138 e. The molecular formula is C22H24N4S. The molecule has 1 heterocycles. The summed E-state index contributed by atoms with van der Waals surface area (Å²) in [5, 5.41) is 1.01. The Morgan fingerprint density at radius 1 is 1.15 bits per heavy atom. The lowest BCUT2D eigenvalue weighted by Crippen LogP contribution is -2.14. The standard InChI is InChI=1S/C22H24N4S/c1-3-6-17-10-12-18(13-11-17)27-26-22(15-16(2)23)25-21-9-4-8-20-19(21)7-5-14-24-20/h4-5,7-15H,3,6,23H2,1-2H3,(H,25,26). The first kappa shape index (κ1) is 19.0. The molecule has 0 aliphatic rings. The molecule has 5 heteroatoms. The van der Waals surface area contributed by atoms with Gasteiger partial charge in [0.2, 0.25) is 0 Å². The minimum absolute atomic E-state index is 0.693. The summed E-state index contributed by atoms with van der Waals surface area (Å²) in [6.45, 7) is 4.04. The molecule has 0 saturated carbocycles. The quantitative estimate of drug-likeness (QED) is 0.344. The van der Waals surface area contributed by atoms with Gasteiger partial charge in [-0.05, 0) is 73.3 Å². The van der Waals surface area contributed by atoms with Crippen molar-refractivity contribution in [3.05, 3.63) is 78.1 Å². The van der Waals surface area contributed by atoms with E-state index in [1.807, 2.05) is 43.3 Å². The fourth-order valence-electron chi connectivity index (χ4n) is 2.74. The number of nitrogens with zero attached hydrogens (tertiary/aromatic N) is 2. The highest BCUT2D eigenvalue weighted by Gasteiger charge is 2.03. The Labute approximate surface area is 164 Å². The van der Waals surface area contributed by atoms with Crippen LogP contribution >= 0.6 is 11.9 Å². The largest absolute Gasteiger partial charge is 0.402 e. The van der Waals surface area contributed by atoms with E-state index in [0.29, 0.717) is 11.5 Å².